The predicted molar refractivity (Wildman–Crippen MR) is 151 cm³/mol. The molecule has 0 fully saturated rings. The van der Waals surface area contributed by atoms with Gasteiger partial charge in [-0.2, -0.15) is 0 Å². The monoisotopic (exact) mass is 466 g/mol. The molecule has 0 radical (unpaired) electrons. The minimum absolute atomic E-state index is 0.739. The maximum absolute atomic E-state index is 6.31. The minimum atomic E-state index is 0.739. The average Bonchev–Trinajstić information content (AvgIpc) is 2.94. The fourth-order valence-electron chi connectivity index (χ4n) is 4.95. The Morgan fingerprint density at radius 1 is 0.343 bits per heavy atom. The van der Waals surface area contributed by atoms with E-state index in [4.69, 9.17) is 11.6 Å². The number of hydrogen-bond acceptors (Lipinski definition) is 0. The van der Waals surface area contributed by atoms with E-state index in [2.05, 4.69) is 127 Å². The molecule has 0 aromatic heterocycles. The molecule has 0 aliphatic rings. The first-order valence-corrected chi connectivity index (χ1v) is 12.2. The molecule has 0 N–H and O–H groups in total. The second kappa shape index (κ2) is 9.25. The third kappa shape index (κ3) is 4.03. The van der Waals surface area contributed by atoms with Crippen LogP contribution in [0.25, 0.3) is 55.3 Å². The Hall–Kier alpha value is -4.13. The highest BCUT2D eigenvalue weighted by Gasteiger charge is 2.18. The maximum Gasteiger partial charge on any atom is 0.0406 e. The van der Waals surface area contributed by atoms with Crippen LogP contribution in [0.5, 0.6) is 0 Å². The molecule has 0 aliphatic heterocycles. The van der Waals surface area contributed by atoms with E-state index in [1.165, 1.54) is 49.7 Å². The fourth-order valence-corrected chi connectivity index (χ4v) is 5.08. The van der Waals surface area contributed by atoms with Crippen LogP contribution in [0.15, 0.2) is 140 Å². The lowest BCUT2D eigenvalue weighted by Gasteiger charge is -2.20. The van der Waals surface area contributed by atoms with Gasteiger partial charge in [0.1, 0.15) is 0 Å². The third-order valence-corrected chi connectivity index (χ3v) is 6.82. The Kier molecular flexibility index (Phi) is 5.66. The van der Waals surface area contributed by atoms with Crippen molar-refractivity contribution in [3.05, 3.63) is 145 Å². The van der Waals surface area contributed by atoms with Crippen molar-refractivity contribution in [1.82, 2.24) is 0 Å². The molecular formula is C34H23Cl. The second-order valence-corrected chi connectivity index (χ2v) is 9.11. The summed E-state index contributed by atoms with van der Waals surface area (Å²) in [6.45, 7) is 0. The molecule has 6 aromatic rings. The van der Waals surface area contributed by atoms with Crippen LogP contribution in [0.2, 0.25) is 5.02 Å². The molecule has 6 aromatic carbocycles. The first-order valence-electron chi connectivity index (χ1n) is 11.8. The van der Waals surface area contributed by atoms with E-state index in [9.17, 15) is 0 Å². The van der Waals surface area contributed by atoms with E-state index in [0.29, 0.717) is 0 Å². The van der Waals surface area contributed by atoms with Crippen LogP contribution in [-0.4, -0.2) is 0 Å². The predicted octanol–water partition coefficient (Wildman–Crippen LogP) is 10.2. The van der Waals surface area contributed by atoms with E-state index in [-0.39, 0.29) is 0 Å². The summed E-state index contributed by atoms with van der Waals surface area (Å²) >= 11 is 6.31. The lowest BCUT2D eigenvalue weighted by molar-refractivity contribution is 1.59. The summed E-state index contributed by atoms with van der Waals surface area (Å²) in [6.07, 6.45) is 0. The van der Waals surface area contributed by atoms with Crippen LogP contribution in [0.1, 0.15) is 0 Å². The zero-order chi connectivity index (χ0) is 23.6. The zero-order valence-electron chi connectivity index (χ0n) is 19.2. The van der Waals surface area contributed by atoms with Gasteiger partial charge in [-0.05, 0) is 67.4 Å². The molecule has 0 saturated carbocycles. The Labute approximate surface area is 211 Å². The van der Waals surface area contributed by atoms with Gasteiger partial charge in [-0.1, -0.05) is 139 Å². The van der Waals surface area contributed by atoms with E-state index in [1.807, 2.05) is 12.1 Å². The molecule has 0 atom stereocenters. The van der Waals surface area contributed by atoms with E-state index < -0.39 is 0 Å². The van der Waals surface area contributed by atoms with Gasteiger partial charge in [0, 0.05) is 5.02 Å². The molecule has 0 bridgehead atoms. The minimum Gasteiger partial charge on any atom is -0.0843 e. The van der Waals surface area contributed by atoms with Crippen molar-refractivity contribution in [3.63, 3.8) is 0 Å². The molecule has 0 heterocycles. The van der Waals surface area contributed by atoms with Gasteiger partial charge >= 0.3 is 0 Å². The first kappa shape index (κ1) is 21.4. The van der Waals surface area contributed by atoms with Crippen molar-refractivity contribution >= 4 is 22.4 Å². The smallest absolute Gasteiger partial charge is 0.0406 e. The van der Waals surface area contributed by atoms with Crippen molar-refractivity contribution in [2.75, 3.05) is 0 Å². The van der Waals surface area contributed by atoms with Gasteiger partial charge in [0.2, 0.25) is 0 Å². The molecule has 0 amide bonds. The highest BCUT2D eigenvalue weighted by Crippen LogP contribution is 2.45. The maximum atomic E-state index is 6.31. The highest BCUT2D eigenvalue weighted by atomic mass is 35.5. The molecule has 0 aliphatic carbocycles. The lowest BCUT2D eigenvalue weighted by Crippen LogP contribution is -1.93. The third-order valence-electron chi connectivity index (χ3n) is 6.57. The quantitative estimate of drug-likeness (QED) is 0.242. The molecule has 0 saturated heterocycles. The molecular weight excluding hydrogens is 444 g/mol. The van der Waals surface area contributed by atoms with Crippen LogP contribution < -0.4 is 0 Å². The molecule has 1 heteroatoms. The van der Waals surface area contributed by atoms with Crippen molar-refractivity contribution in [2.45, 2.75) is 0 Å². The summed E-state index contributed by atoms with van der Waals surface area (Å²) in [5.41, 5.74) is 9.66. The Morgan fingerprint density at radius 3 is 1.37 bits per heavy atom. The van der Waals surface area contributed by atoms with Crippen LogP contribution in [0, 0.1) is 0 Å². The van der Waals surface area contributed by atoms with Crippen LogP contribution >= 0.6 is 11.6 Å². The first-order chi connectivity index (χ1) is 17.3. The van der Waals surface area contributed by atoms with Gasteiger partial charge in [-0.15, -0.1) is 0 Å². The summed E-state index contributed by atoms with van der Waals surface area (Å²) in [5.74, 6) is 0. The Morgan fingerprint density at radius 2 is 0.800 bits per heavy atom. The summed E-state index contributed by atoms with van der Waals surface area (Å²) in [6, 6.07) is 49.2. The van der Waals surface area contributed by atoms with Crippen molar-refractivity contribution in [1.29, 1.82) is 0 Å². The largest absolute Gasteiger partial charge is 0.0843 e. The Balaban J connectivity index is 1.78. The van der Waals surface area contributed by atoms with Crippen molar-refractivity contribution in [2.24, 2.45) is 0 Å². The second-order valence-electron chi connectivity index (χ2n) is 8.68. The van der Waals surface area contributed by atoms with Gasteiger partial charge < -0.3 is 0 Å². The van der Waals surface area contributed by atoms with Crippen LogP contribution in [-0.2, 0) is 0 Å². The summed E-state index contributed by atoms with van der Waals surface area (Å²) in [4.78, 5) is 0. The van der Waals surface area contributed by atoms with E-state index in [1.54, 1.807) is 0 Å². The van der Waals surface area contributed by atoms with E-state index >= 15 is 0 Å². The lowest BCUT2D eigenvalue weighted by atomic mass is 9.83. The molecule has 166 valence electrons. The fraction of sp³-hybridized carbons (Fsp3) is 0. The normalized spacial score (nSPS) is 11.0. The number of rotatable bonds is 4. The molecule has 0 unspecified atom stereocenters. The SMILES string of the molecule is Clc1ccc(-c2c(-c3ccccc3)ccc3c(-c4ccccc4)ccc(-c4ccccc4)c23)cc1. The standard InChI is InChI=1S/C34H23Cl/c35-28-18-16-27(17-19-28)33-30(25-12-6-2-7-13-25)22-23-32-29(24-10-4-1-5-11-24)20-21-31(34(32)33)26-14-8-3-9-15-26/h1-23H. The highest BCUT2D eigenvalue weighted by molar-refractivity contribution is 6.30. The number of fused-ring (bicyclic) bond motifs is 1. The topological polar surface area (TPSA) is 0 Å². The van der Waals surface area contributed by atoms with Gasteiger partial charge in [-0.25, -0.2) is 0 Å². The van der Waals surface area contributed by atoms with Crippen LogP contribution in [0.3, 0.4) is 0 Å². The Bertz CT molecular complexity index is 1600. The van der Waals surface area contributed by atoms with Gasteiger partial charge in [0.05, 0.1) is 0 Å². The van der Waals surface area contributed by atoms with Crippen LogP contribution in [0.4, 0.5) is 0 Å². The van der Waals surface area contributed by atoms with Crippen molar-refractivity contribution in [3.8, 4) is 44.5 Å². The number of benzene rings is 6. The molecule has 0 spiro atoms. The molecule has 35 heavy (non-hydrogen) atoms. The van der Waals surface area contributed by atoms with E-state index in [0.717, 1.165) is 10.6 Å². The molecule has 0 nitrogen and oxygen atoms in total. The van der Waals surface area contributed by atoms with Gasteiger partial charge in [-0.3, -0.25) is 0 Å². The van der Waals surface area contributed by atoms with Gasteiger partial charge in [0.25, 0.3) is 0 Å². The number of halogens is 1. The summed E-state index contributed by atoms with van der Waals surface area (Å²) < 4.78 is 0. The number of hydrogen-bond donors (Lipinski definition) is 0. The zero-order valence-corrected chi connectivity index (χ0v) is 19.9. The average molecular weight is 467 g/mol. The summed E-state index contributed by atoms with van der Waals surface area (Å²) in [5, 5.41) is 3.23. The molecule has 6 rings (SSSR count). The van der Waals surface area contributed by atoms with Gasteiger partial charge in [0.15, 0.2) is 0 Å². The summed E-state index contributed by atoms with van der Waals surface area (Å²) in [7, 11) is 0. The van der Waals surface area contributed by atoms with Crippen molar-refractivity contribution < 1.29 is 0 Å².